The molecular formula is C22H29N5O3. The van der Waals surface area contributed by atoms with E-state index in [4.69, 9.17) is 4.98 Å². The molecular weight excluding hydrogens is 382 g/mol. The summed E-state index contributed by atoms with van der Waals surface area (Å²) < 4.78 is 2.36. The Labute approximate surface area is 176 Å². The molecule has 2 aliphatic rings. The van der Waals surface area contributed by atoms with Crippen LogP contribution < -0.4 is 10.6 Å². The van der Waals surface area contributed by atoms with Crippen molar-refractivity contribution in [3.63, 3.8) is 0 Å². The molecule has 1 aromatic heterocycles. The number of carbonyl (C=O) groups is 1. The standard InChI is InChI=1S/C22H29N5O3/c28-22(24-12-11-23-18-6-8-19(9-7-18)27(29)30)17-10-13-26-20(14-17)15-25-21(26)16-4-2-1-3-5-16/h6-9,15-17,23H,1-5,10-14H2,(H,24,28)/t17-/m1/s1. The molecule has 1 fully saturated rings. The molecule has 0 bridgehead atoms. The number of aromatic nitrogens is 2. The number of nitrogens with one attached hydrogen (secondary N) is 2. The van der Waals surface area contributed by atoms with E-state index in [-0.39, 0.29) is 17.5 Å². The van der Waals surface area contributed by atoms with Crippen LogP contribution in [0.15, 0.2) is 30.5 Å². The predicted molar refractivity (Wildman–Crippen MR) is 114 cm³/mol. The number of nitro benzene ring substituents is 1. The average Bonchev–Trinajstić information content (AvgIpc) is 3.21. The van der Waals surface area contributed by atoms with Gasteiger partial charge in [-0.3, -0.25) is 14.9 Å². The highest BCUT2D eigenvalue weighted by atomic mass is 16.6. The summed E-state index contributed by atoms with van der Waals surface area (Å²) in [5.41, 5.74) is 2.05. The molecule has 2 aromatic rings. The lowest BCUT2D eigenvalue weighted by molar-refractivity contribution is -0.384. The number of nitrogens with zero attached hydrogens (tertiary/aromatic N) is 3. The number of imidazole rings is 1. The highest BCUT2D eigenvalue weighted by molar-refractivity contribution is 5.79. The van der Waals surface area contributed by atoms with Gasteiger partial charge in [0.05, 0.1) is 4.92 Å². The van der Waals surface area contributed by atoms with Gasteiger partial charge in [-0.1, -0.05) is 19.3 Å². The van der Waals surface area contributed by atoms with Crippen molar-refractivity contribution in [2.24, 2.45) is 5.92 Å². The van der Waals surface area contributed by atoms with Crippen LogP contribution in [-0.2, 0) is 17.8 Å². The van der Waals surface area contributed by atoms with Gasteiger partial charge in [-0.2, -0.15) is 0 Å². The number of hydrogen-bond donors (Lipinski definition) is 2. The molecule has 4 rings (SSSR count). The number of rotatable bonds is 7. The Morgan fingerprint density at radius 3 is 2.63 bits per heavy atom. The van der Waals surface area contributed by atoms with Crippen molar-refractivity contribution in [2.75, 3.05) is 18.4 Å². The Bertz CT molecular complexity index is 887. The third-order valence-corrected chi connectivity index (χ3v) is 6.30. The Morgan fingerprint density at radius 2 is 1.90 bits per heavy atom. The molecule has 1 amide bonds. The van der Waals surface area contributed by atoms with Gasteiger partial charge in [-0.15, -0.1) is 0 Å². The molecule has 2 N–H and O–H groups in total. The van der Waals surface area contributed by atoms with Gasteiger partial charge in [0, 0.05) is 67.6 Å². The van der Waals surface area contributed by atoms with Gasteiger partial charge in [0.1, 0.15) is 5.82 Å². The Morgan fingerprint density at radius 1 is 1.13 bits per heavy atom. The first-order chi connectivity index (χ1) is 14.6. The van der Waals surface area contributed by atoms with E-state index in [0.29, 0.717) is 19.0 Å². The Balaban J connectivity index is 1.23. The van der Waals surface area contributed by atoms with Crippen LogP contribution in [0.2, 0.25) is 0 Å². The second-order valence-corrected chi connectivity index (χ2v) is 8.31. The van der Waals surface area contributed by atoms with Gasteiger partial charge >= 0.3 is 0 Å². The van der Waals surface area contributed by atoms with Gasteiger partial charge in [0.2, 0.25) is 5.91 Å². The summed E-state index contributed by atoms with van der Waals surface area (Å²) in [6, 6.07) is 6.28. The van der Waals surface area contributed by atoms with Crippen molar-refractivity contribution in [2.45, 2.75) is 57.4 Å². The van der Waals surface area contributed by atoms with Crippen molar-refractivity contribution < 1.29 is 9.72 Å². The maximum absolute atomic E-state index is 12.6. The largest absolute Gasteiger partial charge is 0.383 e. The minimum Gasteiger partial charge on any atom is -0.383 e. The fourth-order valence-corrected chi connectivity index (χ4v) is 4.64. The van der Waals surface area contributed by atoms with Crippen molar-refractivity contribution in [3.05, 3.63) is 52.1 Å². The maximum atomic E-state index is 12.6. The zero-order valence-corrected chi connectivity index (χ0v) is 17.2. The van der Waals surface area contributed by atoms with Gasteiger partial charge in [-0.05, 0) is 31.4 Å². The van der Waals surface area contributed by atoms with E-state index in [9.17, 15) is 14.9 Å². The fourth-order valence-electron chi connectivity index (χ4n) is 4.64. The molecule has 0 radical (unpaired) electrons. The normalized spacial score (nSPS) is 19.1. The number of nitro groups is 1. The van der Waals surface area contributed by atoms with Crippen molar-refractivity contribution >= 4 is 17.3 Å². The van der Waals surface area contributed by atoms with Gasteiger partial charge in [-0.25, -0.2) is 4.98 Å². The summed E-state index contributed by atoms with van der Waals surface area (Å²) in [5.74, 6) is 1.90. The quantitative estimate of drug-likeness (QED) is 0.411. The molecule has 1 aromatic carbocycles. The van der Waals surface area contributed by atoms with Crippen LogP contribution >= 0.6 is 0 Å². The van der Waals surface area contributed by atoms with Crippen LogP contribution in [0, 0.1) is 16.0 Å². The van der Waals surface area contributed by atoms with Crippen molar-refractivity contribution in [1.29, 1.82) is 0 Å². The Kier molecular flexibility index (Phi) is 6.30. The van der Waals surface area contributed by atoms with E-state index in [0.717, 1.165) is 25.1 Å². The zero-order chi connectivity index (χ0) is 20.9. The first-order valence-corrected chi connectivity index (χ1v) is 10.9. The smallest absolute Gasteiger partial charge is 0.269 e. The van der Waals surface area contributed by atoms with Crippen molar-refractivity contribution in [3.8, 4) is 0 Å². The van der Waals surface area contributed by atoms with Gasteiger partial charge < -0.3 is 15.2 Å². The summed E-state index contributed by atoms with van der Waals surface area (Å²) in [5, 5.41) is 16.9. The maximum Gasteiger partial charge on any atom is 0.269 e. The third kappa shape index (κ3) is 4.63. The second kappa shape index (κ2) is 9.28. The minimum atomic E-state index is -0.418. The molecule has 160 valence electrons. The predicted octanol–water partition coefficient (Wildman–Crippen LogP) is 3.63. The highest BCUT2D eigenvalue weighted by Crippen LogP contribution is 2.34. The summed E-state index contributed by atoms with van der Waals surface area (Å²) in [4.78, 5) is 27.6. The summed E-state index contributed by atoms with van der Waals surface area (Å²) >= 11 is 0. The number of carbonyl (C=O) groups excluding carboxylic acids is 1. The number of benzene rings is 1. The molecule has 1 aliphatic carbocycles. The summed E-state index contributed by atoms with van der Waals surface area (Å²) in [6.07, 6.45) is 9.98. The summed E-state index contributed by atoms with van der Waals surface area (Å²) in [7, 11) is 0. The van der Waals surface area contributed by atoms with E-state index < -0.39 is 4.92 Å². The van der Waals surface area contributed by atoms with Gasteiger partial charge in [0.15, 0.2) is 0 Å². The van der Waals surface area contributed by atoms with Crippen LogP contribution in [0.5, 0.6) is 0 Å². The lowest BCUT2D eigenvalue weighted by Gasteiger charge is -2.27. The summed E-state index contributed by atoms with van der Waals surface area (Å²) in [6.45, 7) is 1.96. The monoisotopic (exact) mass is 411 g/mol. The molecule has 0 saturated heterocycles. The SMILES string of the molecule is O=C(NCCNc1ccc([N+](=O)[O-])cc1)[C@@H]1CCn2c(cnc2C2CCCCC2)C1. The number of fused-ring (bicyclic) bond motifs is 1. The highest BCUT2D eigenvalue weighted by Gasteiger charge is 2.29. The van der Waals surface area contributed by atoms with E-state index in [1.807, 2.05) is 6.20 Å². The molecule has 0 unspecified atom stereocenters. The van der Waals surface area contributed by atoms with Gasteiger partial charge in [0.25, 0.3) is 5.69 Å². The zero-order valence-electron chi connectivity index (χ0n) is 17.2. The average molecular weight is 412 g/mol. The molecule has 8 heteroatoms. The van der Waals surface area contributed by atoms with Crippen molar-refractivity contribution in [1.82, 2.24) is 14.9 Å². The van der Waals surface area contributed by atoms with Crippen LogP contribution in [0.25, 0.3) is 0 Å². The van der Waals surface area contributed by atoms with E-state index in [1.165, 1.54) is 55.8 Å². The molecule has 0 spiro atoms. The minimum absolute atomic E-state index is 0.00668. The molecule has 1 atom stereocenters. The number of non-ortho nitro benzene ring substituents is 1. The first-order valence-electron chi connectivity index (χ1n) is 10.9. The van der Waals surface area contributed by atoms with E-state index >= 15 is 0 Å². The molecule has 1 saturated carbocycles. The molecule has 1 aliphatic heterocycles. The number of amides is 1. The van der Waals surface area contributed by atoms with Crippen LogP contribution in [0.4, 0.5) is 11.4 Å². The molecule has 2 heterocycles. The number of anilines is 1. The molecule has 30 heavy (non-hydrogen) atoms. The third-order valence-electron chi connectivity index (χ3n) is 6.30. The van der Waals surface area contributed by atoms with Crippen LogP contribution in [0.1, 0.15) is 56.0 Å². The fraction of sp³-hybridized carbons (Fsp3) is 0.545. The molecule has 8 nitrogen and oxygen atoms in total. The van der Waals surface area contributed by atoms with E-state index in [2.05, 4.69) is 15.2 Å². The first kappa shape index (κ1) is 20.4. The lowest BCUT2D eigenvalue weighted by Crippen LogP contribution is -2.37. The second-order valence-electron chi connectivity index (χ2n) is 8.31. The van der Waals surface area contributed by atoms with E-state index in [1.54, 1.807) is 12.1 Å². The lowest BCUT2D eigenvalue weighted by atomic mass is 9.88. The topological polar surface area (TPSA) is 102 Å². The van der Waals surface area contributed by atoms with Crippen LogP contribution in [0.3, 0.4) is 0 Å². The number of hydrogen-bond acceptors (Lipinski definition) is 5. The Hall–Kier alpha value is -2.90. The van der Waals surface area contributed by atoms with Crippen LogP contribution in [-0.4, -0.2) is 33.5 Å².